The zero-order chi connectivity index (χ0) is 14.7. The van der Waals surface area contributed by atoms with E-state index in [0.29, 0.717) is 5.92 Å². The second kappa shape index (κ2) is 7.11. The molecule has 0 amide bonds. The lowest BCUT2D eigenvalue weighted by molar-refractivity contribution is 0.733. The van der Waals surface area contributed by atoms with Crippen molar-refractivity contribution in [2.45, 2.75) is 31.0 Å². The van der Waals surface area contributed by atoms with Crippen molar-refractivity contribution >= 4 is 43.5 Å². The molecule has 0 nitrogen and oxygen atoms in total. The van der Waals surface area contributed by atoms with Gasteiger partial charge in [-0.2, -0.15) is 0 Å². The third-order valence-corrected chi connectivity index (χ3v) is 5.92. The molecule has 0 aliphatic rings. The maximum absolute atomic E-state index is 6.04. The summed E-state index contributed by atoms with van der Waals surface area (Å²) in [7, 11) is 0. The van der Waals surface area contributed by atoms with Crippen LogP contribution in [0.2, 0.25) is 5.02 Å². The molecule has 0 saturated carbocycles. The van der Waals surface area contributed by atoms with Gasteiger partial charge >= 0.3 is 0 Å². The summed E-state index contributed by atoms with van der Waals surface area (Å²) in [6, 6.07) is 14.9. The van der Waals surface area contributed by atoms with Gasteiger partial charge in [-0.3, -0.25) is 0 Å². The van der Waals surface area contributed by atoms with Crippen molar-refractivity contribution in [3.63, 3.8) is 0 Å². The molecular weight excluding hydrogens is 399 g/mol. The van der Waals surface area contributed by atoms with Gasteiger partial charge in [-0.05, 0) is 57.1 Å². The molecule has 0 saturated heterocycles. The van der Waals surface area contributed by atoms with Gasteiger partial charge in [0, 0.05) is 4.47 Å². The molecular formula is C17H17Br2Cl. The summed E-state index contributed by atoms with van der Waals surface area (Å²) in [5, 5.41) is 0.737. The lowest BCUT2D eigenvalue weighted by Crippen LogP contribution is -1.95. The van der Waals surface area contributed by atoms with Crippen LogP contribution in [0.3, 0.4) is 0 Å². The van der Waals surface area contributed by atoms with Crippen LogP contribution >= 0.6 is 43.5 Å². The fourth-order valence-electron chi connectivity index (χ4n) is 2.09. The molecule has 2 aromatic carbocycles. The molecule has 3 heteroatoms. The maximum Gasteiger partial charge on any atom is 0.0645 e. The minimum atomic E-state index is 0.182. The zero-order valence-electron chi connectivity index (χ0n) is 11.5. The highest BCUT2D eigenvalue weighted by Crippen LogP contribution is 2.35. The summed E-state index contributed by atoms with van der Waals surface area (Å²) >= 11 is 13.3. The average Bonchev–Trinajstić information content (AvgIpc) is 2.48. The Balaban J connectivity index is 2.24. The Labute approximate surface area is 142 Å². The van der Waals surface area contributed by atoms with Crippen LogP contribution in [0.25, 0.3) is 0 Å². The topological polar surface area (TPSA) is 0 Å². The van der Waals surface area contributed by atoms with Crippen molar-refractivity contribution in [2.24, 2.45) is 0 Å². The highest BCUT2D eigenvalue weighted by atomic mass is 79.9. The van der Waals surface area contributed by atoms with Crippen molar-refractivity contribution in [3.8, 4) is 0 Å². The predicted octanol–water partition coefficient (Wildman–Crippen LogP) is 7.10. The smallest absolute Gasteiger partial charge is 0.0645 e. The molecule has 0 fully saturated rings. The monoisotopic (exact) mass is 414 g/mol. The Morgan fingerprint density at radius 3 is 2.10 bits per heavy atom. The normalized spacial score (nSPS) is 14.1. The molecule has 2 rings (SSSR count). The molecule has 0 bridgehead atoms. The van der Waals surface area contributed by atoms with E-state index in [-0.39, 0.29) is 4.83 Å². The first-order chi connectivity index (χ1) is 9.52. The van der Waals surface area contributed by atoms with Crippen LogP contribution in [0.5, 0.6) is 0 Å². The third-order valence-electron chi connectivity index (χ3n) is 3.65. The molecule has 0 heterocycles. The molecule has 2 aromatic rings. The molecule has 2 unspecified atom stereocenters. The number of halogens is 3. The van der Waals surface area contributed by atoms with Crippen molar-refractivity contribution in [1.29, 1.82) is 0 Å². The molecule has 106 valence electrons. The summed E-state index contributed by atoms with van der Waals surface area (Å²) in [6.07, 6.45) is 1.17. The van der Waals surface area contributed by atoms with E-state index in [0.717, 1.165) is 9.50 Å². The van der Waals surface area contributed by atoms with Crippen LogP contribution in [-0.4, -0.2) is 0 Å². The van der Waals surface area contributed by atoms with Gasteiger partial charge in [0.2, 0.25) is 0 Å². The highest BCUT2D eigenvalue weighted by molar-refractivity contribution is 9.10. The summed E-state index contributed by atoms with van der Waals surface area (Å²) in [4.78, 5) is 0.182. The fourth-order valence-corrected chi connectivity index (χ4v) is 3.20. The first-order valence-corrected chi connectivity index (χ1v) is 8.80. The molecule has 0 aliphatic carbocycles. The van der Waals surface area contributed by atoms with E-state index < -0.39 is 0 Å². The average molecular weight is 417 g/mol. The van der Waals surface area contributed by atoms with Crippen LogP contribution in [0.4, 0.5) is 0 Å². The Morgan fingerprint density at radius 1 is 1.00 bits per heavy atom. The van der Waals surface area contributed by atoms with E-state index in [2.05, 4.69) is 82.1 Å². The Kier molecular flexibility index (Phi) is 5.71. The fraction of sp³-hybridized carbons (Fsp3) is 0.294. The lowest BCUT2D eigenvalue weighted by atomic mass is 9.96. The number of rotatable bonds is 4. The Bertz CT molecular complexity index is 578. The van der Waals surface area contributed by atoms with Gasteiger partial charge < -0.3 is 0 Å². The molecule has 0 N–H and O–H groups in total. The first kappa shape index (κ1) is 16.1. The molecule has 20 heavy (non-hydrogen) atoms. The Morgan fingerprint density at radius 2 is 1.55 bits per heavy atom. The number of alkyl halides is 1. The van der Waals surface area contributed by atoms with Gasteiger partial charge in [0.25, 0.3) is 0 Å². The summed E-state index contributed by atoms with van der Waals surface area (Å²) in [5.41, 5.74) is 3.84. The maximum atomic E-state index is 6.04. The van der Waals surface area contributed by atoms with Gasteiger partial charge in [-0.25, -0.2) is 0 Å². The van der Waals surface area contributed by atoms with Crippen molar-refractivity contribution in [3.05, 3.63) is 68.7 Å². The third kappa shape index (κ3) is 3.66. The van der Waals surface area contributed by atoms with Crippen LogP contribution in [-0.2, 0) is 0 Å². The van der Waals surface area contributed by atoms with Crippen LogP contribution in [0.1, 0.15) is 47.7 Å². The molecule has 0 aromatic heterocycles. The Hall–Kier alpha value is -0.310. The van der Waals surface area contributed by atoms with Gasteiger partial charge in [-0.15, -0.1) is 0 Å². The minimum absolute atomic E-state index is 0.182. The molecule has 0 aliphatic heterocycles. The van der Waals surface area contributed by atoms with Crippen molar-refractivity contribution < 1.29 is 0 Å². The first-order valence-electron chi connectivity index (χ1n) is 6.71. The van der Waals surface area contributed by atoms with Gasteiger partial charge in [-0.1, -0.05) is 71.7 Å². The van der Waals surface area contributed by atoms with Crippen molar-refractivity contribution in [2.75, 3.05) is 0 Å². The predicted molar refractivity (Wildman–Crippen MR) is 95.1 cm³/mol. The van der Waals surface area contributed by atoms with Gasteiger partial charge in [0.05, 0.1) is 9.85 Å². The van der Waals surface area contributed by atoms with Gasteiger partial charge in [0.15, 0.2) is 0 Å². The van der Waals surface area contributed by atoms with Gasteiger partial charge in [0.1, 0.15) is 0 Å². The van der Waals surface area contributed by atoms with E-state index in [4.69, 9.17) is 11.6 Å². The molecule has 0 radical (unpaired) electrons. The molecule has 2 atom stereocenters. The van der Waals surface area contributed by atoms with Crippen LogP contribution in [0, 0.1) is 0 Å². The standard InChI is InChI=1S/C17H17Br2Cl/c1-3-11(2)12-4-6-13(7-5-12)17(19)14-8-9-16(20)15(18)10-14/h4-11,17H,3H2,1-2H3. The molecule has 0 spiro atoms. The minimum Gasteiger partial charge on any atom is -0.0831 e. The number of benzene rings is 2. The van der Waals surface area contributed by atoms with E-state index in [1.165, 1.54) is 23.1 Å². The quantitative estimate of drug-likeness (QED) is 0.466. The summed E-state index contributed by atoms with van der Waals surface area (Å²) < 4.78 is 0.928. The number of hydrogen-bond donors (Lipinski definition) is 0. The zero-order valence-corrected chi connectivity index (χ0v) is 15.5. The number of hydrogen-bond acceptors (Lipinski definition) is 0. The SMILES string of the molecule is CCC(C)c1ccc(C(Br)c2ccc(Cl)c(Br)c2)cc1. The van der Waals surface area contributed by atoms with Crippen molar-refractivity contribution in [1.82, 2.24) is 0 Å². The van der Waals surface area contributed by atoms with E-state index in [9.17, 15) is 0 Å². The largest absolute Gasteiger partial charge is 0.0831 e. The van der Waals surface area contributed by atoms with E-state index in [1.54, 1.807) is 0 Å². The highest BCUT2D eigenvalue weighted by Gasteiger charge is 2.12. The van der Waals surface area contributed by atoms with E-state index in [1.807, 2.05) is 6.07 Å². The van der Waals surface area contributed by atoms with Crippen LogP contribution in [0.15, 0.2) is 46.9 Å². The second-order valence-corrected chi connectivity index (χ2v) is 7.19. The second-order valence-electron chi connectivity index (χ2n) is 5.01. The van der Waals surface area contributed by atoms with Crippen LogP contribution < -0.4 is 0 Å². The summed E-state index contributed by atoms with van der Waals surface area (Å²) in [5.74, 6) is 0.613. The summed E-state index contributed by atoms with van der Waals surface area (Å²) in [6.45, 7) is 4.48. The lowest BCUT2D eigenvalue weighted by Gasteiger charge is -2.14. The van der Waals surface area contributed by atoms with E-state index >= 15 is 0 Å².